The Hall–Kier alpha value is -2.68. The summed E-state index contributed by atoms with van der Waals surface area (Å²) >= 11 is 0. The van der Waals surface area contributed by atoms with Gasteiger partial charge in [-0.1, -0.05) is 18.9 Å². The predicted molar refractivity (Wildman–Crippen MR) is 107 cm³/mol. The predicted octanol–water partition coefficient (Wildman–Crippen LogP) is -0.0534. The van der Waals surface area contributed by atoms with Gasteiger partial charge in [-0.2, -0.15) is 0 Å². The van der Waals surface area contributed by atoms with E-state index in [1.54, 1.807) is 24.4 Å². The molecule has 1 N–H and O–H groups in total. The SMILES string of the molecule is O=C(Cn1nc2ccccn2c1=O)NCCN1CCN(C(=O)C2CCCC2)CC1. The Morgan fingerprint density at radius 3 is 2.59 bits per heavy atom. The van der Waals surface area contributed by atoms with Gasteiger partial charge in [0.25, 0.3) is 0 Å². The summed E-state index contributed by atoms with van der Waals surface area (Å²) in [6.45, 7) is 4.35. The van der Waals surface area contributed by atoms with Crippen LogP contribution in [-0.2, 0) is 16.1 Å². The number of nitrogens with zero attached hydrogens (tertiary/aromatic N) is 5. The molecule has 9 nitrogen and oxygen atoms in total. The van der Waals surface area contributed by atoms with Gasteiger partial charge in [-0.3, -0.25) is 18.9 Å². The third kappa shape index (κ3) is 4.50. The zero-order chi connectivity index (χ0) is 20.2. The van der Waals surface area contributed by atoms with Crippen molar-refractivity contribution >= 4 is 17.5 Å². The lowest BCUT2D eigenvalue weighted by atomic mass is 10.1. The van der Waals surface area contributed by atoms with Gasteiger partial charge in [0.2, 0.25) is 11.8 Å². The number of amides is 2. The zero-order valence-corrected chi connectivity index (χ0v) is 16.6. The Morgan fingerprint density at radius 1 is 1.10 bits per heavy atom. The molecule has 0 bridgehead atoms. The minimum Gasteiger partial charge on any atom is -0.353 e. The first-order valence-corrected chi connectivity index (χ1v) is 10.4. The van der Waals surface area contributed by atoms with E-state index in [4.69, 9.17) is 0 Å². The molecule has 0 radical (unpaired) electrons. The van der Waals surface area contributed by atoms with E-state index in [0.29, 0.717) is 18.1 Å². The van der Waals surface area contributed by atoms with Gasteiger partial charge in [0.1, 0.15) is 6.54 Å². The smallest absolute Gasteiger partial charge is 0.350 e. The average Bonchev–Trinajstić information content (AvgIpc) is 3.37. The number of fused-ring (bicyclic) bond motifs is 1. The molecule has 2 aromatic heterocycles. The summed E-state index contributed by atoms with van der Waals surface area (Å²) in [6.07, 6.45) is 6.07. The largest absolute Gasteiger partial charge is 0.353 e. The van der Waals surface area contributed by atoms with Crippen LogP contribution >= 0.6 is 0 Å². The molecule has 1 saturated carbocycles. The number of pyridine rings is 1. The van der Waals surface area contributed by atoms with Crippen molar-refractivity contribution in [2.24, 2.45) is 5.92 Å². The van der Waals surface area contributed by atoms with E-state index in [1.807, 2.05) is 4.90 Å². The van der Waals surface area contributed by atoms with E-state index in [2.05, 4.69) is 15.3 Å². The summed E-state index contributed by atoms with van der Waals surface area (Å²) in [5.74, 6) is 0.336. The molecule has 2 aliphatic rings. The van der Waals surface area contributed by atoms with Gasteiger partial charge in [-0.15, -0.1) is 5.10 Å². The molecule has 0 unspecified atom stereocenters. The molecular formula is C20H28N6O3. The summed E-state index contributed by atoms with van der Waals surface area (Å²) < 4.78 is 2.59. The van der Waals surface area contributed by atoms with Crippen molar-refractivity contribution in [3.63, 3.8) is 0 Å². The normalized spacial score (nSPS) is 18.4. The van der Waals surface area contributed by atoms with Gasteiger partial charge < -0.3 is 10.2 Å². The second-order valence-electron chi connectivity index (χ2n) is 7.87. The summed E-state index contributed by atoms with van der Waals surface area (Å²) in [6, 6.07) is 5.28. The molecule has 2 aromatic rings. The monoisotopic (exact) mass is 400 g/mol. The van der Waals surface area contributed by atoms with Crippen molar-refractivity contribution in [3.8, 4) is 0 Å². The molecular weight excluding hydrogens is 372 g/mol. The molecule has 3 heterocycles. The van der Waals surface area contributed by atoms with Crippen molar-refractivity contribution in [1.82, 2.24) is 29.3 Å². The fourth-order valence-corrected chi connectivity index (χ4v) is 4.24. The molecule has 9 heteroatoms. The molecule has 29 heavy (non-hydrogen) atoms. The second kappa shape index (κ2) is 8.77. The Morgan fingerprint density at radius 2 is 1.86 bits per heavy atom. The van der Waals surface area contributed by atoms with E-state index in [9.17, 15) is 14.4 Å². The van der Waals surface area contributed by atoms with Crippen LogP contribution in [0.2, 0.25) is 0 Å². The number of aromatic nitrogens is 3. The first-order valence-electron chi connectivity index (χ1n) is 10.4. The average molecular weight is 400 g/mol. The Kier molecular flexibility index (Phi) is 5.94. The summed E-state index contributed by atoms with van der Waals surface area (Å²) in [5, 5.41) is 7.02. The number of piperazine rings is 1. The molecule has 0 spiro atoms. The van der Waals surface area contributed by atoms with E-state index in [1.165, 1.54) is 21.9 Å². The lowest BCUT2D eigenvalue weighted by Gasteiger charge is -2.36. The highest BCUT2D eigenvalue weighted by Gasteiger charge is 2.29. The summed E-state index contributed by atoms with van der Waals surface area (Å²) in [5.41, 5.74) is 0.203. The van der Waals surface area contributed by atoms with Gasteiger partial charge in [0, 0.05) is 51.4 Å². The van der Waals surface area contributed by atoms with Gasteiger partial charge in [0.05, 0.1) is 0 Å². The van der Waals surface area contributed by atoms with Gasteiger partial charge in [0.15, 0.2) is 5.65 Å². The van der Waals surface area contributed by atoms with Gasteiger partial charge in [-0.05, 0) is 25.0 Å². The maximum atomic E-state index is 12.5. The number of hydrogen-bond donors (Lipinski definition) is 1. The highest BCUT2D eigenvalue weighted by molar-refractivity contribution is 5.79. The van der Waals surface area contributed by atoms with Gasteiger partial charge in [-0.25, -0.2) is 9.48 Å². The van der Waals surface area contributed by atoms with E-state index < -0.39 is 0 Å². The topological polar surface area (TPSA) is 91.9 Å². The van der Waals surface area contributed by atoms with Crippen LogP contribution in [0.4, 0.5) is 0 Å². The number of nitrogens with one attached hydrogen (secondary N) is 1. The Balaban J connectivity index is 1.18. The van der Waals surface area contributed by atoms with E-state index >= 15 is 0 Å². The third-order valence-electron chi connectivity index (χ3n) is 5.92. The minimum atomic E-state index is -0.321. The van der Waals surface area contributed by atoms with Crippen LogP contribution in [0.25, 0.3) is 5.65 Å². The molecule has 2 amide bonds. The zero-order valence-electron chi connectivity index (χ0n) is 16.6. The highest BCUT2D eigenvalue weighted by Crippen LogP contribution is 2.26. The van der Waals surface area contributed by atoms with E-state index in [-0.39, 0.29) is 24.1 Å². The lowest BCUT2D eigenvalue weighted by Crippen LogP contribution is -2.51. The molecule has 4 rings (SSSR count). The first-order chi connectivity index (χ1) is 14.1. The third-order valence-corrected chi connectivity index (χ3v) is 5.92. The van der Waals surface area contributed by atoms with Crippen LogP contribution in [0.1, 0.15) is 25.7 Å². The standard InChI is InChI=1S/C20H28N6O3/c27-18(15-26-20(29)25-9-4-3-7-17(25)22-26)21-8-10-23-11-13-24(14-12-23)19(28)16-5-1-2-6-16/h3-4,7,9,16H,1-2,5-6,8,10-15H2,(H,21,27). The van der Waals surface area contributed by atoms with Crippen molar-refractivity contribution < 1.29 is 9.59 Å². The fourth-order valence-electron chi connectivity index (χ4n) is 4.24. The van der Waals surface area contributed by atoms with Crippen molar-refractivity contribution in [3.05, 3.63) is 34.9 Å². The van der Waals surface area contributed by atoms with Crippen LogP contribution in [-0.4, -0.2) is 75.1 Å². The molecule has 1 aliphatic heterocycles. The highest BCUT2D eigenvalue weighted by atomic mass is 16.2. The number of hydrogen-bond acceptors (Lipinski definition) is 5. The van der Waals surface area contributed by atoms with Crippen molar-refractivity contribution in [2.75, 3.05) is 39.3 Å². The van der Waals surface area contributed by atoms with Gasteiger partial charge >= 0.3 is 5.69 Å². The maximum Gasteiger partial charge on any atom is 0.350 e. The number of carbonyl (C=O) groups is 2. The molecule has 1 saturated heterocycles. The fraction of sp³-hybridized carbons (Fsp3) is 0.600. The minimum absolute atomic E-state index is 0.0931. The Bertz CT molecular complexity index is 922. The van der Waals surface area contributed by atoms with Crippen LogP contribution < -0.4 is 11.0 Å². The quantitative estimate of drug-likeness (QED) is 0.734. The van der Waals surface area contributed by atoms with Crippen LogP contribution in [0, 0.1) is 5.92 Å². The first kappa shape index (κ1) is 19.6. The van der Waals surface area contributed by atoms with E-state index in [0.717, 1.165) is 45.6 Å². The second-order valence-corrected chi connectivity index (χ2v) is 7.87. The maximum absolute atomic E-state index is 12.5. The molecule has 0 aromatic carbocycles. The van der Waals surface area contributed by atoms with Crippen LogP contribution in [0.5, 0.6) is 0 Å². The van der Waals surface area contributed by atoms with Crippen molar-refractivity contribution in [1.29, 1.82) is 0 Å². The summed E-state index contributed by atoms with van der Waals surface area (Å²) in [7, 11) is 0. The number of rotatable bonds is 6. The van der Waals surface area contributed by atoms with Crippen LogP contribution in [0.3, 0.4) is 0 Å². The molecule has 156 valence electrons. The lowest BCUT2D eigenvalue weighted by molar-refractivity contribution is -0.137. The Labute approximate surface area is 169 Å². The van der Waals surface area contributed by atoms with Crippen molar-refractivity contribution in [2.45, 2.75) is 32.2 Å². The van der Waals surface area contributed by atoms with Crippen LogP contribution in [0.15, 0.2) is 29.2 Å². The number of carbonyl (C=O) groups excluding carboxylic acids is 2. The molecule has 2 fully saturated rings. The summed E-state index contributed by atoms with van der Waals surface area (Å²) in [4.78, 5) is 41.1. The molecule has 1 aliphatic carbocycles. The molecule has 0 atom stereocenters.